The van der Waals surface area contributed by atoms with E-state index in [2.05, 4.69) is 20.7 Å². The van der Waals surface area contributed by atoms with E-state index in [1.54, 1.807) is 0 Å². The first-order chi connectivity index (χ1) is 15.1. The van der Waals surface area contributed by atoms with E-state index in [1.165, 1.54) is 23.2 Å². The molecule has 8 nitrogen and oxygen atoms in total. The van der Waals surface area contributed by atoms with E-state index in [9.17, 15) is 27.6 Å². The van der Waals surface area contributed by atoms with Crippen molar-refractivity contribution in [2.45, 2.75) is 37.0 Å². The van der Waals surface area contributed by atoms with E-state index >= 15 is 0 Å². The molecular formula is C20H19ClF3N5O3. The molecule has 1 aromatic heterocycles. The number of ketones is 1. The summed E-state index contributed by atoms with van der Waals surface area (Å²) in [6, 6.07) is 3.75. The van der Waals surface area contributed by atoms with Gasteiger partial charge in [-0.2, -0.15) is 15.4 Å². The minimum Gasteiger partial charge on any atom is -0.335 e. The highest BCUT2D eigenvalue weighted by Gasteiger charge is 2.59. The first-order valence-electron chi connectivity index (χ1n) is 9.91. The van der Waals surface area contributed by atoms with Crippen molar-refractivity contribution in [2.24, 2.45) is 5.92 Å². The molecule has 4 rings (SSSR count). The number of anilines is 1. The first kappa shape index (κ1) is 22.3. The number of carbonyl (C=O) groups excluding carboxylic acids is 3. The van der Waals surface area contributed by atoms with Crippen LogP contribution in [0.15, 0.2) is 24.4 Å². The Morgan fingerprint density at radius 2 is 2.03 bits per heavy atom. The van der Waals surface area contributed by atoms with Crippen molar-refractivity contribution in [3.8, 4) is 0 Å². The smallest absolute Gasteiger partial charge is 0.289 e. The van der Waals surface area contributed by atoms with Crippen molar-refractivity contribution in [1.82, 2.24) is 20.3 Å². The summed E-state index contributed by atoms with van der Waals surface area (Å²) < 4.78 is 40.5. The van der Waals surface area contributed by atoms with Crippen molar-refractivity contribution in [1.29, 1.82) is 0 Å². The van der Waals surface area contributed by atoms with E-state index in [0.29, 0.717) is 12.1 Å². The van der Waals surface area contributed by atoms with Gasteiger partial charge in [0.2, 0.25) is 17.6 Å². The third-order valence-corrected chi connectivity index (χ3v) is 6.21. The molecule has 1 aliphatic heterocycles. The number of hydrogen-bond donors (Lipinski definition) is 2. The SMILES string of the molecule is O=C(CC1(c2cn[nH]n2)CC(F)(F)C1)C(=O)N1CC[C@H](C(=O)Nc2ccc(F)c(Cl)c2)C1. The maximum absolute atomic E-state index is 13.6. The van der Waals surface area contributed by atoms with Crippen LogP contribution in [-0.2, 0) is 19.8 Å². The van der Waals surface area contributed by atoms with Gasteiger partial charge in [-0.3, -0.25) is 14.4 Å². The van der Waals surface area contributed by atoms with Gasteiger partial charge in [-0.05, 0) is 24.6 Å². The number of Topliss-reactive ketones (excluding diaryl/α,β-unsaturated/α-hetero) is 1. The Hall–Kier alpha value is -2.95. The monoisotopic (exact) mass is 469 g/mol. The van der Waals surface area contributed by atoms with Crippen molar-refractivity contribution in [2.75, 3.05) is 18.4 Å². The molecule has 2 N–H and O–H groups in total. The number of aromatic nitrogens is 3. The predicted octanol–water partition coefficient (Wildman–Crippen LogP) is 2.71. The average Bonchev–Trinajstić information content (AvgIpc) is 3.41. The standard InChI is InChI=1S/C20H19ClF3N5O3/c21-13-5-12(1-2-14(13)22)26-17(31)11-3-4-29(8-11)18(32)15(30)6-19(9-20(23,24)10-19)16-7-25-28-27-16/h1-2,5,7,11H,3-4,6,8-10H2,(H,26,31)(H,25,27,28)/t11-/m0/s1. The van der Waals surface area contributed by atoms with Crippen LogP contribution in [-0.4, -0.2) is 56.9 Å². The zero-order valence-corrected chi connectivity index (χ0v) is 17.5. The lowest BCUT2D eigenvalue weighted by Crippen LogP contribution is -2.52. The highest BCUT2D eigenvalue weighted by atomic mass is 35.5. The van der Waals surface area contributed by atoms with Crippen LogP contribution in [0.1, 0.15) is 31.4 Å². The highest BCUT2D eigenvalue weighted by molar-refractivity contribution is 6.36. The minimum atomic E-state index is -2.93. The van der Waals surface area contributed by atoms with Gasteiger partial charge in [-0.15, -0.1) is 0 Å². The molecule has 1 saturated heterocycles. The van der Waals surface area contributed by atoms with Gasteiger partial charge in [0.1, 0.15) is 5.82 Å². The largest absolute Gasteiger partial charge is 0.335 e. The minimum absolute atomic E-state index is 0.0124. The summed E-state index contributed by atoms with van der Waals surface area (Å²) >= 11 is 5.71. The molecule has 2 heterocycles. The van der Waals surface area contributed by atoms with Gasteiger partial charge in [-0.1, -0.05) is 11.6 Å². The number of aromatic amines is 1. The maximum Gasteiger partial charge on any atom is 0.289 e. The Kier molecular flexibility index (Phi) is 5.70. The summed E-state index contributed by atoms with van der Waals surface area (Å²) in [5.74, 6) is -6.14. The average molecular weight is 470 g/mol. The van der Waals surface area contributed by atoms with Gasteiger partial charge >= 0.3 is 0 Å². The number of amides is 2. The fourth-order valence-corrected chi connectivity index (χ4v) is 4.51. The molecule has 2 fully saturated rings. The second-order valence-corrected chi connectivity index (χ2v) is 8.71. The van der Waals surface area contributed by atoms with Crippen molar-refractivity contribution < 1.29 is 27.6 Å². The van der Waals surface area contributed by atoms with Gasteiger partial charge in [0.25, 0.3) is 5.91 Å². The highest BCUT2D eigenvalue weighted by Crippen LogP contribution is 2.54. The number of benzene rings is 1. The Labute approximate surface area is 185 Å². The van der Waals surface area contributed by atoms with Gasteiger partial charge < -0.3 is 10.2 Å². The number of rotatable bonds is 6. The maximum atomic E-state index is 13.6. The van der Waals surface area contributed by atoms with Crippen LogP contribution in [0.25, 0.3) is 0 Å². The number of H-pyrrole nitrogens is 1. The zero-order valence-electron chi connectivity index (χ0n) is 16.7. The molecule has 1 atom stereocenters. The zero-order chi connectivity index (χ0) is 23.1. The molecule has 170 valence electrons. The van der Waals surface area contributed by atoms with Gasteiger partial charge in [0, 0.05) is 43.5 Å². The normalized spacial score (nSPS) is 21.1. The number of nitrogens with one attached hydrogen (secondary N) is 2. The number of alkyl halides is 2. The van der Waals surface area contributed by atoms with E-state index in [1.807, 2.05) is 0 Å². The van der Waals surface area contributed by atoms with Crippen LogP contribution < -0.4 is 5.32 Å². The second-order valence-electron chi connectivity index (χ2n) is 8.30. The van der Waals surface area contributed by atoms with Crippen LogP contribution in [0.2, 0.25) is 5.02 Å². The number of carbonyl (C=O) groups is 3. The predicted molar refractivity (Wildman–Crippen MR) is 107 cm³/mol. The molecule has 12 heteroatoms. The van der Waals surface area contributed by atoms with Crippen molar-refractivity contribution in [3.05, 3.63) is 40.9 Å². The van der Waals surface area contributed by atoms with Gasteiger partial charge in [-0.25, -0.2) is 13.2 Å². The van der Waals surface area contributed by atoms with Crippen molar-refractivity contribution >= 4 is 34.9 Å². The van der Waals surface area contributed by atoms with Crippen LogP contribution in [0.4, 0.5) is 18.9 Å². The lowest BCUT2D eigenvalue weighted by molar-refractivity contribution is -0.153. The fourth-order valence-electron chi connectivity index (χ4n) is 4.33. The molecule has 2 amide bonds. The Bertz CT molecular complexity index is 1050. The molecule has 0 spiro atoms. The molecule has 0 bridgehead atoms. The van der Waals surface area contributed by atoms with Crippen LogP contribution in [0.5, 0.6) is 0 Å². The Balaban J connectivity index is 1.36. The van der Waals surface area contributed by atoms with Crippen LogP contribution in [0.3, 0.4) is 0 Å². The molecule has 1 aliphatic carbocycles. The molecule has 0 radical (unpaired) electrons. The van der Waals surface area contributed by atoms with Gasteiger partial charge in [0.05, 0.1) is 22.8 Å². The third-order valence-electron chi connectivity index (χ3n) is 5.92. The quantitative estimate of drug-likeness (QED) is 0.632. The number of halogens is 4. The second kappa shape index (κ2) is 8.19. The fraction of sp³-hybridized carbons (Fsp3) is 0.450. The summed E-state index contributed by atoms with van der Waals surface area (Å²) in [6.07, 6.45) is 0.0280. The van der Waals surface area contributed by atoms with Crippen LogP contribution >= 0.6 is 11.6 Å². The summed E-state index contributed by atoms with van der Waals surface area (Å²) in [5, 5.41) is 12.3. The van der Waals surface area contributed by atoms with E-state index in [4.69, 9.17) is 11.6 Å². The first-order valence-corrected chi connectivity index (χ1v) is 10.3. The van der Waals surface area contributed by atoms with E-state index in [0.717, 1.165) is 6.07 Å². The van der Waals surface area contributed by atoms with E-state index in [-0.39, 0.29) is 23.8 Å². The summed E-state index contributed by atoms with van der Waals surface area (Å²) in [4.78, 5) is 39.0. The molecule has 2 aliphatic rings. The Morgan fingerprint density at radius 3 is 2.66 bits per heavy atom. The van der Waals surface area contributed by atoms with E-state index < -0.39 is 59.9 Å². The van der Waals surface area contributed by atoms with Crippen LogP contribution in [0, 0.1) is 11.7 Å². The Morgan fingerprint density at radius 1 is 1.28 bits per heavy atom. The number of nitrogens with zero attached hydrogens (tertiary/aromatic N) is 3. The molecule has 32 heavy (non-hydrogen) atoms. The topological polar surface area (TPSA) is 108 Å². The summed E-state index contributed by atoms with van der Waals surface area (Å²) in [5.41, 5.74) is -0.703. The molecule has 1 aromatic carbocycles. The summed E-state index contributed by atoms with van der Waals surface area (Å²) in [7, 11) is 0. The molecule has 2 aromatic rings. The molecular weight excluding hydrogens is 451 g/mol. The lowest BCUT2D eigenvalue weighted by Gasteiger charge is -2.45. The summed E-state index contributed by atoms with van der Waals surface area (Å²) in [6.45, 7) is 0.193. The van der Waals surface area contributed by atoms with Gasteiger partial charge in [0.15, 0.2) is 0 Å². The molecule has 0 unspecified atom stereocenters. The third kappa shape index (κ3) is 4.34. The molecule has 1 saturated carbocycles. The number of likely N-dealkylation sites (tertiary alicyclic amines) is 1. The number of hydrogen-bond acceptors (Lipinski definition) is 5. The van der Waals surface area contributed by atoms with Crippen molar-refractivity contribution in [3.63, 3.8) is 0 Å². The lowest BCUT2D eigenvalue weighted by atomic mass is 9.61.